The fourth-order valence-electron chi connectivity index (χ4n) is 5.42. The summed E-state index contributed by atoms with van der Waals surface area (Å²) in [6.45, 7) is 4.95. The molecule has 1 N–H and O–H groups in total. The summed E-state index contributed by atoms with van der Waals surface area (Å²) in [4.78, 5) is 14.2. The van der Waals surface area contributed by atoms with Crippen molar-refractivity contribution in [1.29, 1.82) is 0 Å². The molecule has 3 aliphatic rings. The van der Waals surface area contributed by atoms with Gasteiger partial charge < -0.3 is 14.7 Å². The van der Waals surface area contributed by atoms with Crippen LogP contribution in [0.1, 0.15) is 36.8 Å². The van der Waals surface area contributed by atoms with Gasteiger partial charge in [0.15, 0.2) is 0 Å². The van der Waals surface area contributed by atoms with Crippen LogP contribution in [0, 0.1) is 24.7 Å². The predicted molar refractivity (Wildman–Crippen MR) is 132 cm³/mol. The number of amides is 1. The molecule has 1 saturated heterocycles. The number of aliphatic hydroxyl groups is 1. The maximum absolute atomic E-state index is 12.3. The number of rotatable bonds is 9. The summed E-state index contributed by atoms with van der Waals surface area (Å²) < 4.78 is 5.32. The molecule has 174 valence electrons. The van der Waals surface area contributed by atoms with Crippen LogP contribution in [-0.4, -0.2) is 59.8 Å². The monoisotopic (exact) mass is 455 g/mol. The summed E-state index contributed by atoms with van der Waals surface area (Å²) in [6, 6.07) is 8.72. The van der Waals surface area contributed by atoms with Crippen LogP contribution in [0.25, 0.3) is 0 Å². The summed E-state index contributed by atoms with van der Waals surface area (Å²) in [6.07, 6.45) is 11.5. The quantitative estimate of drug-likeness (QED) is 0.443. The van der Waals surface area contributed by atoms with E-state index in [9.17, 15) is 9.90 Å². The second kappa shape index (κ2) is 11.5. The number of morpholine rings is 1. The molecule has 0 radical (unpaired) electrons. The average molecular weight is 456 g/mol. The second-order valence-electron chi connectivity index (χ2n) is 9.49. The van der Waals surface area contributed by atoms with Crippen molar-refractivity contribution in [3.8, 4) is 0 Å². The highest BCUT2D eigenvalue weighted by atomic mass is 32.2. The largest absolute Gasteiger partial charge is 0.392 e. The van der Waals surface area contributed by atoms with E-state index in [-0.39, 0.29) is 17.9 Å². The molecule has 4 atom stereocenters. The highest BCUT2D eigenvalue weighted by Gasteiger charge is 2.43. The van der Waals surface area contributed by atoms with E-state index in [1.54, 1.807) is 0 Å². The van der Waals surface area contributed by atoms with Crippen molar-refractivity contribution < 1.29 is 14.6 Å². The van der Waals surface area contributed by atoms with Gasteiger partial charge >= 0.3 is 0 Å². The van der Waals surface area contributed by atoms with Gasteiger partial charge in [-0.2, -0.15) is 11.8 Å². The SMILES string of the molecule is Cc1cccc(CC/C=C/[C@@H]2[C@H]3CC(CSCCC(=O)N4CCOCC4)=C[C@H]3C[C@H]2O)c1. The maximum atomic E-state index is 12.3. The Bertz CT molecular complexity index is 830. The third-order valence-electron chi connectivity index (χ3n) is 7.10. The lowest BCUT2D eigenvalue weighted by atomic mass is 9.89. The van der Waals surface area contributed by atoms with Crippen molar-refractivity contribution in [3.63, 3.8) is 0 Å². The van der Waals surface area contributed by atoms with Crippen LogP contribution in [-0.2, 0) is 16.0 Å². The number of aryl methyl sites for hydroxylation is 2. The Balaban J connectivity index is 1.17. The van der Waals surface area contributed by atoms with Crippen molar-refractivity contribution in [2.75, 3.05) is 37.8 Å². The van der Waals surface area contributed by atoms with Crippen molar-refractivity contribution in [2.45, 2.75) is 45.1 Å². The topological polar surface area (TPSA) is 49.8 Å². The fraction of sp³-hybridized carbons (Fsp3) is 0.593. The number of ether oxygens (including phenoxy) is 1. The number of aliphatic hydroxyl groups excluding tert-OH is 1. The van der Waals surface area contributed by atoms with Crippen LogP contribution in [0.3, 0.4) is 0 Å². The smallest absolute Gasteiger partial charge is 0.223 e. The second-order valence-corrected chi connectivity index (χ2v) is 10.6. The van der Waals surface area contributed by atoms with Gasteiger partial charge in [0.1, 0.15) is 0 Å². The van der Waals surface area contributed by atoms with Gasteiger partial charge in [0.2, 0.25) is 5.91 Å². The first-order chi connectivity index (χ1) is 15.6. The van der Waals surface area contributed by atoms with Crippen LogP contribution in [0.4, 0.5) is 0 Å². The van der Waals surface area contributed by atoms with Gasteiger partial charge in [-0.3, -0.25) is 4.79 Å². The molecule has 1 aromatic rings. The van der Waals surface area contributed by atoms with Crippen LogP contribution in [0.5, 0.6) is 0 Å². The minimum absolute atomic E-state index is 0.211. The van der Waals surface area contributed by atoms with Gasteiger partial charge in [-0.15, -0.1) is 0 Å². The van der Waals surface area contributed by atoms with Crippen molar-refractivity contribution >= 4 is 17.7 Å². The summed E-state index contributed by atoms with van der Waals surface area (Å²) in [5.74, 6) is 3.50. The molecule has 1 saturated carbocycles. The summed E-state index contributed by atoms with van der Waals surface area (Å²) in [5.41, 5.74) is 4.20. The average Bonchev–Trinajstić information content (AvgIpc) is 3.31. The first-order valence-corrected chi connectivity index (χ1v) is 13.3. The van der Waals surface area contributed by atoms with Crippen LogP contribution in [0.2, 0.25) is 0 Å². The number of carbonyl (C=O) groups is 1. The van der Waals surface area contributed by atoms with Crippen molar-refractivity contribution in [2.24, 2.45) is 17.8 Å². The summed E-state index contributed by atoms with van der Waals surface area (Å²) in [5, 5.41) is 10.6. The van der Waals surface area contributed by atoms with Gasteiger partial charge in [-0.1, -0.05) is 53.6 Å². The first kappa shape index (κ1) is 23.6. The number of nitrogens with zero attached hydrogens (tertiary/aromatic N) is 1. The Labute approximate surface area is 197 Å². The lowest BCUT2D eigenvalue weighted by molar-refractivity contribution is -0.134. The van der Waals surface area contributed by atoms with E-state index in [1.165, 1.54) is 16.7 Å². The van der Waals surface area contributed by atoms with Crippen LogP contribution in [0.15, 0.2) is 48.1 Å². The van der Waals surface area contributed by atoms with Crippen molar-refractivity contribution in [3.05, 3.63) is 59.2 Å². The Morgan fingerprint density at radius 2 is 2.16 bits per heavy atom. The molecule has 0 spiro atoms. The predicted octanol–water partition coefficient (Wildman–Crippen LogP) is 4.41. The zero-order chi connectivity index (χ0) is 22.3. The molecule has 1 aliphatic heterocycles. The van der Waals surface area contributed by atoms with E-state index in [2.05, 4.69) is 49.4 Å². The molecule has 1 heterocycles. The molecule has 0 aromatic heterocycles. The minimum Gasteiger partial charge on any atom is -0.392 e. The van der Waals surface area contributed by atoms with E-state index in [4.69, 9.17) is 4.74 Å². The fourth-order valence-corrected chi connectivity index (χ4v) is 6.36. The normalized spacial score (nSPS) is 27.7. The van der Waals surface area contributed by atoms with E-state index in [1.807, 2.05) is 16.7 Å². The van der Waals surface area contributed by atoms with Gasteiger partial charge in [0, 0.05) is 36.9 Å². The molecule has 2 fully saturated rings. The number of benzene rings is 1. The van der Waals surface area contributed by atoms with Gasteiger partial charge in [0.05, 0.1) is 19.3 Å². The molecule has 4 nitrogen and oxygen atoms in total. The van der Waals surface area contributed by atoms with Crippen LogP contribution < -0.4 is 0 Å². The van der Waals surface area contributed by atoms with E-state index >= 15 is 0 Å². The number of allylic oxidation sites excluding steroid dienone is 2. The first-order valence-electron chi connectivity index (χ1n) is 12.1. The zero-order valence-corrected chi connectivity index (χ0v) is 20.1. The van der Waals surface area contributed by atoms with Gasteiger partial charge in [0.25, 0.3) is 0 Å². The van der Waals surface area contributed by atoms with Crippen LogP contribution >= 0.6 is 11.8 Å². The molecular weight excluding hydrogens is 418 g/mol. The number of fused-ring (bicyclic) bond motifs is 1. The Morgan fingerprint density at radius 3 is 2.97 bits per heavy atom. The molecule has 2 aliphatic carbocycles. The number of thioether (sulfide) groups is 1. The molecule has 4 rings (SSSR count). The number of hydrogen-bond acceptors (Lipinski definition) is 4. The molecular formula is C27H37NO3S. The lowest BCUT2D eigenvalue weighted by Gasteiger charge is -2.26. The molecule has 0 unspecified atom stereocenters. The maximum Gasteiger partial charge on any atom is 0.223 e. The highest BCUT2D eigenvalue weighted by molar-refractivity contribution is 7.99. The third kappa shape index (κ3) is 6.27. The minimum atomic E-state index is -0.211. The molecule has 32 heavy (non-hydrogen) atoms. The molecule has 1 aromatic carbocycles. The third-order valence-corrected chi connectivity index (χ3v) is 8.17. The highest BCUT2D eigenvalue weighted by Crippen LogP contribution is 2.47. The molecule has 1 amide bonds. The Morgan fingerprint density at radius 1 is 1.31 bits per heavy atom. The van der Waals surface area contributed by atoms with E-state index in [0.29, 0.717) is 31.5 Å². The number of carbonyl (C=O) groups excluding carboxylic acids is 1. The summed E-state index contributed by atoms with van der Waals surface area (Å²) >= 11 is 1.88. The molecule has 5 heteroatoms. The Hall–Kier alpha value is -1.56. The lowest BCUT2D eigenvalue weighted by Crippen LogP contribution is -2.40. The summed E-state index contributed by atoms with van der Waals surface area (Å²) in [7, 11) is 0. The molecule has 0 bridgehead atoms. The zero-order valence-electron chi connectivity index (χ0n) is 19.2. The van der Waals surface area contributed by atoms with Crippen molar-refractivity contribution in [1.82, 2.24) is 4.90 Å². The van der Waals surface area contributed by atoms with Gasteiger partial charge in [-0.05, 0) is 50.0 Å². The standard InChI is InChI=1S/C27H37NO3S/c1-20-5-4-7-21(15-20)6-2-3-8-24-25-17-22(16-23(25)18-26(24)29)19-32-14-9-27(30)28-10-12-31-13-11-28/h3-5,7-8,15-16,23-26,29H,2,6,9-14,17-19H2,1H3/b8-3+/t23-,24+,25-,26+/m0/s1. The Kier molecular flexibility index (Phi) is 8.50. The van der Waals surface area contributed by atoms with E-state index < -0.39 is 0 Å². The number of hydrogen-bond donors (Lipinski definition) is 1. The van der Waals surface area contributed by atoms with E-state index in [0.717, 1.165) is 50.3 Å². The van der Waals surface area contributed by atoms with Gasteiger partial charge in [-0.25, -0.2) is 0 Å².